The zero-order valence-electron chi connectivity index (χ0n) is 19.6. The van der Waals surface area contributed by atoms with Gasteiger partial charge < -0.3 is 24.7 Å². The third kappa shape index (κ3) is 4.60. The van der Waals surface area contributed by atoms with E-state index in [0.29, 0.717) is 32.4 Å². The van der Waals surface area contributed by atoms with E-state index in [-0.39, 0.29) is 29.3 Å². The van der Waals surface area contributed by atoms with Crippen molar-refractivity contribution in [2.24, 2.45) is 11.8 Å². The number of fused-ring (bicyclic) bond motifs is 1. The molecule has 3 fully saturated rings. The van der Waals surface area contributed by atoms with Gasteiger partial charge in [-0.3, -0.25) is 14.4 Å². The number of hydrogen-bond donors (Lipinski definition) is 2. The maximum Gasteiger partial charge on any atom is 0.310 e. The molecule has 3 heterocycles. The number of carboxylic acid groups (broad SMARTS) is 1. The van der Waals surface area contributed by atoms with Crippen molar-refractivity contribution < 1.29 is 29.3 Å². The molecule has 2 amide bonds. The van der Waals surface area contributed by atoms with Crippen molar-refractivity contribution in [3.05, 3.63) is 12.7 Å². The second kappa shape index (κ2) is 10.9. The van der Waals surface area contributed by atoms with Crippen LogP contribution in [0.3, 0.4) is 0 Å². The highest BCUT2D eigenvalue weighted by atomic mass is 79.9. The quantitative estimate of drug-likeness (QED) is 0.216. The summed E-state index contributed by atoms with van der Waals surface area (Å²) in [6, 6.07) is -0.882. The van der Waals surface area contributed by atoms with Gasteiger partial charge in [0.15, 0.2) is 0 Å². The molecule has 3 saturated heterocycles. The van der Waals surface area contributed by atoms with Crippen LogP contribution < -0.4 is 0 Å². The van der Waals surface area contributed by atoms with Gasteiger partial charge >= 0.3 is 5.97 Å². The number of carboxylic acids is 1. The molecule has 0 aliphatic carbocycles. The third-order valence-corrected chi connectivity index (χ3v) is 8.31. The highest BCUT2D eigenvalue weighted by molar-refractivity contribution is 9.09. The largest absolute Gasteiger partial charge is 0.481 e. The minimum atomic E-state index is -1.13. The van der Waals surface area contributed by atoms with Crippen molar-refractivity contribution in [2.45, 2.75) is 87.4 Å². The lowest BCUT2D eigenvalue weighted by Crippen LogP contribution is -2.58. The second-order valence-electron chi connectivity index (χ2n) is 9.59. The Labute approximate surface area is 204 Å². The van der Waals surface area contributed by atoms with E-state index in [1.165, 1.54) is 0 Å². The molecule has 0 aromatic carbocycles. The number of ether oxygens (including phenoxy) is 1. The maximum atomic E-state index is 14.1. The molecular weight excluding hydrogens is 492 g/mol. The Hall–Kier alpha value is -1.45. The van der Waals surface area contributed by atoms with Gasteiger partial charge in [-0.05, 0) is 32.6 Å². The molecule has 1 spiro atoms. The number of likely N-dealkylation sites (tertiary alicyclic amines) is 1. The number of alkyl halides is 1. The number of unbranched alkanes of at least 4 members (excludes halogenated alkanes) is 3. The Kier molecular flexibility index (Phi) is 8.61. The normalized spacial score (nSPS) is 33.3. The first kappa shape index (κ1) is 26.2. The van der Waals surface area contributed by atoms with Gasteiger partial charge in [-0.1, -0.05) is 48.2 Å². The lowest BCUT2D eigenvalue weighted by Gasteiger charge is -2.39. The van der Waals surface area contributed by atoms with E-state index < -0.39 is 35.6 Å². The van der Waals surface area contributed by atoms with E-state index in [0.717, 1.165) is 25.7 Å². The molecule has 8 nitrogen and oxygen atoms in total. The number of carbonyl (C=O) groups is 3. The molecule has 3 aliphatic heterocycles. The molecule has 0 radical (unpaired) electrons. The number of aliphatic hydroxyl groups excluding tert-OH is 1. The van der Waals surface area contributed by atoms with E-state index in [1.54, 1.807) is 15.9 Å². The fourth-order valence-corrected chi connectivity index (χ4v) is 6.98. The summed E-state index contributed by atoms with van der Waals surface area (Å²) in [5.41, 5.74) is -1.13. The van der Waals surface area contributed by atoms with Crippen LogP contribution in [-0.4, -0.2) is 86.1 Å². The number of amides is 2. The molecule has 2 bridgehead atoms. The van der Waals surface area contributed by atoms with Crippen LogP contribution in [0.25, 0.3) is 0 Å². The highest BCUT2D eigenvalue weighted by Crippen LogP contribution is 2.60. The van der Waals surface area contributed by atoms with Crippen molar-refractivity contribution in [3.8, 4) is 0 Å². The smallest absolute Gasteiger partial charge is 0.310 e. The Balaban J connectivity index is 1.96. The van der Waals surface area contributed by atoms with E-state index in [2.05, 4.69) is 29.4 Å². The second-order valence-corrected chi connectivity index (χ2v) is 10.8. The predicted octanol–water partition coefficient (Wildman–Crippen LogP) is 2.57. The van der Waals surface area contributed by atoms with Crippen LogP contribution in [0.4, 0.5) is 0 Å². The minimum absolute atomic E-state index is 0.0360. The van der Waals surface area contributed by atoms with E-state index in [9.17, 15) is 19.5 Å². The van der Waals surface area contributed by atoms with Gasteiger partial charge in [-0.15, -0.1) is 6.58 Å². The van der Waals surface area contributed by atoms with Crippen molar-refractivity contribution >= 4 is 33.7 Å². The van der Waals surface area contributed by atoms with Gasteiger partial charge in [0.2, 0.25) is 11.8 Å². The Bertz CT molecular complexity index is 763. The summed E-state index contributed by atoms with van der Waals surface area (Å²) in [4.78, 5) is 43.0. The van der Waals surface area contributed by atoms with Gasteiger partial charge in [-0.2, -0.15) is 0 Å². The molecule has 0 aromatic heterocycles. The molecule has 3 rings (SSSR count). The Morgan fingerprint density at radius 2 is 2.06 bits per heavy atom. The fourth-order valence-electron chi connectivity index (χ4n) is 6.04. The summed E-state index contributed by atoms with van der Waals surface area (Å²) in [7, 11) is 0. The molecular formula is C24H37BrN2O6. The van der Waals surface area contributed by atoms with Gasteiger partial charge in [0.1, 0.15) is 11.6 Å². The van der Waals surface area contributed by atoms with Gasteiger partial charge in [0.25, 0.3) is 0 Å². The Morgan fingerprint density at radius 3 is 2.67 bits per heavy atom. The summed E-state index contributed by atoms with van der Waals surface area (Å²) >= 11 is 3.57. The number of nitrogens with zero attached hydrogens (tertiary/aromatic N) is 2. The standard InChI is InChI=1S/C24H37BrN2O6/c1-4-10-15(3)26(11-5-2)22(30)20-24-14-16(25)19(33-24)17(23(31)32)18(24)21(29)27(20)12-8-6-7-9-13-28/h5,15-20,28H,2,4,6-14H2,1,3H3,(H,31,32)/t15?,16?,17-,18+,19-,20?,24?/m1/s1. The third-order valence-electron chi connectivity index (χ3n) is 7.46. The highest BCUT2D eigenvalue weighted by Gasteiger charge is 2.76. The summed E-state index contributed by atoms with van der Waals surface area (Å²) in [5, 5.41) is 19.0. The van der Waals surface area contributed by atoms with Crippen LogP contribution in [0.1, 0.15) is 58.8 Å². The summed E-state index contributed by atoms with van der Waals surface area (Å²) in [6.45, 7) is 8.73. The van der Waals surface area contributed by atoms with Crippen LogP contribution in [0.2, 0.25) is 0 Å². The van der Waals surface area contributed by atoms with Crippen molar-refractivity contribution in [3.63, 3.8) is 0 Å². The fraction of sp³-hybridized carbons (Fsp3) is 0.792. The van der Waals surface area contributed by atoms with E-state index >= 15 is 0 Å². The Morgan fingerprint density at radius 1 is 1.36 bits per heavy atom. The zero-order valence-corrected chi connectivity index (χ0v) is 21.2. The number of aliphatic carboxylic acids is 1. The number of halogens is 1. The predicted molar refractivity (Wildman–Crippen MR) is 127 cm³/mol. The van der Waals surface area contributed by atoms with E-state index in [4.69, 9.17) is 9.84 Å². The SMILES string of the molecule is C=CCN(C(=O)C1N(CCCCCCO)C(=O)[C@@H]2[C@@H](C(=O)O)[C@@H]3OC12CC3Br)C(C)CCC. The molecule has 33 heavy (non-hydrogen) atoms. The maximum absolute atomic E-state index is 14.1. The molecule has 0 saturated carbocycles. The van der Waals surface area contributed by atoms with Crippen LogP contribution in [0.15, 0.2) is 12.7 Å². The lowest BCUT2D eigenvalue weighted by molar-refractivity contribution is -0.151. The average Bonchev–Trinajstić information content (AvgIpc) is 3.35. The van der Waals surface area contributed by atoms with Crippen LogP contribution in [-0.2, 0) is 19.1 Å². The average molecular weight is 529 g/mol. The number of aliphatic hydroxyl groups is 1. The van der Waals surface area contributed by atoms with E-state index in [1.807, 2.05) is 6.92 Å². The first-order valence-corrected chi connectivity index (χ1v) is 13.0. The number of hydrogen-bond acceptors (Lipinski definition) is 5. The van der Waals surface area contributed by atoms with Crippen LogP contribution >= 0.6 is 15.9 Å². The summed E-state index contributed by atoms with van der Waals surface area (Å²) < 4.78 is 6.32. The molecule has 3 aliphatic rings. The molecule has 7 atom stereocenters. The monoisotopic (exact) mass is 528 g/mol. The first-order chi connectivity index (χ1) is 15.7. The van der Waals surface area contributed by atoms with Crippen LogP contribution in [0, 0.1) is 11.8 Å². The minimum Gasteiger partial charge on any atom is -0.481 e. The number of rotatable bonds is 13. The molecule has 186 valence electrons. The molecule has 2 N–H and O–H groups in total. The van der Waals surface area contributed by atoms with Gasteiger partial charge in [-0.25, -0.2) is 0 Å². The lowest BCUT2D eigenvalue weighted by atomic mass is 9.70. The summed E-state index contributed by atoms with van der Waals surface area (Å²) in [6.07, 6.45) is 6.26. The molecule has 0 aromatic rings. The van der Waals surface area contributed by atoms with Gasteiger partial charge in [0, 0.05) is 30.6 Å². The molecule has 9 heteroatoms. The van der Waals surface area contributed by atoms with Crippen molar-refractivity contribution in [1.29, 1.82) is 0 Å². The zero-order chi connectivity index (χ0) is 24.3. The van der Waals surface area contributed by atoms with Crippen molar-refractivity contribution in [2.75, 3.05) is 19.7 Å². The van der Waals surface area contributed by atoms with Crippen molar-refractivity contribution in [1.82, 2.24) is 9.80 Å². The molecule has 4 unspecified atom stereocenters. The first-order valence-electron chi connectivity index (χ1n) is 12.1. The summed E-state index contributed by atoms with van der Waals surface area (Å²) in [5.74, 6) is -3.35. The topological polar surface area (TPSA) is 107 Å². The van der Waals surface area contributed by atoms with Crippen LogP contribution in [0.5, 0.6) is 0 Å². The van der Waals surface area contributed by atoms with Gasteiger partial charge in [0.05, 0.1) is 17.9 Å². The number of carbonyl (C=O) groups excluding carboxylic acids is 2.